The fourth-order valence-corrected chi connectivity index (χ4v) is 12.6. The number of nitrogens with zero attached hydrogens (tertiary/aromatic N) is 1. The maximum atomic E-state index is 13.0. The molecule has 1 N–H and O–H groups in total. The standard InChI is InChI=1S/C98H167NO8/c1-6-8-10-12-14-16-18-20-22-24-26-28-30-32-34-36-38-40-42-44-46-48-50-52-54-56-58-60-62-64-66-68-70-72-74-76-78-80-82-84-86-88-95(100)105-92-94(93-106-98(97(102)103)104-91-90-99(3,4)5)107-96(101)89-87-85-83-81-79-77-75-73-71-69-67-65-63-61-59-57-55-53-51-49-47-45-43-41-39-37-35-33-31-29-27-25-23-21-19-17-15-13-11-9-7-2/h8-11,14-17,20-23,26-29,33,35,39,41,45,47,51,53,57,59,94,98H,6-7,12-13,18-19,24-25,30-32,34,36-38,40,42-44,46,48-50,52,54-56,58,60-93H2,1-5H3/p+1/b10-8-,11-9-,16-14-,17-15-,22-20-,23-21-,28-26-,29-27-,35-33-,41-39-,47-45-,53-51-,59-57-. The zero-order valence-electron chi connectivity index (χ0n) is 70.3. The lowest BCUT2D eigenvalue weighted by Crippen LogP contribution is -2.40. The molecule has 0 saturated heterocycles. The van der Waals surface area contributed by atoms with E-state index < -0.39 is 24.3 Å². The van der Waals surface area contributed by atoms with Crippen LogP contribution in [0.25, 0.3) is 0 Å². The van der Waals surface area contributed by atoms with Crippen LogP contribution in [0.5, 0.6) is 0 Å². The lowest BCUT2D eigenvalue weighted by atomic mass is 10.0. The Morgan fingerprint density at radius 3 is 0.748 bits per heavy atom. The van der Waals surface area contributed by atoms with E-state index in [1.54, 1.807) is 0 Å². The van der Waals surface area contributed by atoms with E-state index in [1.165, 1.54) is 231 Å². The number of rotatable bonds is 82. The van der Waals surface area contributed by atoms with Crippen molar-refractivity contribution in [2.75, 3.05) is 47.5 Å². The third-order valence-electron chi connectivity index (χ3n) is 19.3. The SMILES string of the molecule is CC/C=C\C/C=C\C/C=C\C/C=C\C/C=C\C/C=C\C/C=C\C/C=C\C/C=C\CCCCCCCCCCCCCCCC(=O)OC(COC(=O)CCCCCCCCCCCCCCCCCCCCCCCCCCCCCC/C=C\C/C=C\C/C=C\C/C=C\CC)COC(OCC[N+](C)(C)C)C(=O)O. The highest BCUT2D eigenvalue weighted by atomic mass is 16.7. The summed E-state index contributed by atoms with van der Waals surface area (Å²) in [5.41, 5.74) is 0. The lowest BCUT2D eigenvalue weighted by Gasteiger charge is -2.25. The fourth-order valence-electron chi connectivity index (χ4n) is 12.6. The smallest absolute Gasteiger partial charge is 0.361 e. The largest absolute Gasteiger partial charge is 0.477 e. The van der Waals surface area contributed by atoms with Gasteiger partial charge in [-0.25, -0.2) is 4.79 Å². The Labute approximate surface area is 661 Å². The Kier molecular flexibility index (Phi) is 82.4. The molecule has 0 aromatic carbocycles. The number of ether oxygens (including phenoxy) is 4. The zero-order valence-corrected chi connectivity index (χ0v) is 70.3. The number of carboxylic acids is 1. The highest BCUT2D eigenvalue weighted by Gasteiger charge is 2.25. The van der Waals surface area contributed by atoms with Crippen LogP contribution in [0.1, 0.15) is 386 Å². The van der Waals surface area contributed by atoms with Gasteiger partial charge in [0.25, 0.3) is 6.29 Å². The van der Waals surface area contributed by atoms with E-state index in [-0.39, 0.29) is 32.2 Å². The third-order valence-corrected chi connectivity index (χ3v) is 19.3. The topological polar surface area (TPSA) is 108 Å². The molecule has 612 valence electrons. The Bertz CT molecular complexity index is 2340. The molecule has 2 atom stereocenters. The number of carboxylic acid groups (broad SMARTS) is 1. The number of likely N-dealkylation sites (N-methyl/N-ethyl adjacent to an activating group) is 1. The number of carbonyl (C=O) groups is 3. The van der Waals surface area contributed by atoms with Crippen molar-refractivity contribution in [2.45, 2.75) is 399 Å². The summed E-state index contributed by atoms with van der Waals surface area (Å²) in [7, 11) is 5.99. The molecule has 0 bridgehead atoms. The molecule has 0 aliphatic rings. The molecule has 0 aliphatic carbocycles. The van der Waals surface area contributed by atoms with E-state index in [1.807, 2.05) is 21.1 Å². The number of hydrogen-bond acceptors (Lipinski definition) is 7. The van der Waals surface area contributed by atoms with Gasteiger partial charge in [-0.15, -0.1) is 0 Å². The Morgan fingerprint density at radius 2 is 0.505 bits per heavy atom. The molecule has 0 saturated carbocycles. The van der Waals surface area contributed by atoms with Crippen molar-refractivity contribution in [2.24, 2.45) is 0 Å². The van der Waals surface area contributed by atoms with Crippen LogP contribution >= 0.6 is 0 Å². The Hall–Kier alpha value is -5.09. The van der Waals surface area contributed by atoms with Crippen molar-refractivity contribution in [3.8, 4) is 0 Å². The summed E-state index contributed by atoms with van der Waals surface area (Å²) in [4.78, 5) is 37.8. The van der Waals surface area contributed by atoms with Gasteiger partial charge in [0.2, 0.25) is 0 Å². The number of unbranched alkanes of at least 4 members (excludes halogenated alkanes) is 41. The van der Waals surface area contributed by atoms with Crippen LogP contribution in [0.2, 0.25) is 0 Å². The van der Waals surface area contributed by atoms with Gasteiger partial charge in [-0.3, -0.25) is 9.59 Å². The van der Waals surface area contributed by atoms with Gasteiger partial charge in [0, 0.05) is 12.8 Å². The summed E-state index contributed by atoms with van der Waals surface area (Å²) in [5, 5.41) is 9.80. The molecule has 0 aliphatic heterocycles. The van der Waals surface area contributed by atoms with Gasteiger partial charge >= 0.3 is 17.9 Å². The van der Waals surface area contributed by atoms with Gasteiger partial charge in [-0.05, 0) is 122 Å². The van der Waals surface area contributed by atoms with Crippen LogP contribution in [-0.4, -0.2) is 87.4 Å². The van der Waals surface area contributed by atoms with Crippen LogP contribution in [0.15, 0.2) is 158 Å². The average molecular weight is 1490 g/mol. The molecule has 9 heteroatoms. The normalized spacial score (nSPS) is 13.4. The van der Waals surface area contributed by atoms with E-state index in [2.05, 4.69) is 172 Å². The second-order valence-electron chi connectivity index (χ2n) is 30.8. The van der Waals surface area contributed by atoms with Crippen LogP contribution in [0.4, 0.5) is 0 Å². The van der Waals surface area contributed by atoms with Crippen LogP contribution in [0, 0.1) is 0 Å². The second kappa shape index (κ2) is 86.5. The maximum Gasteiger partial charge on any atom is 0.361 e. The van der Waals surface area contributed by atoms with Crippen molar-refractivity contribution in [3.63, 3.8) is 0 Å². The number of aliphatic carboxylic acids is 1. The molecular weight excluding hydrogens is 1320 g/mol. The predicted octanol–water partition coefficient (Wildman–Crippen LogP) is 29.5. The van der Waals surface area contributed by atoms with Gasteiger partial charge in [-0.1, -0.05) is 409 Å². The first-order valence-corrected chi connectivity index (χ1v) is 44.6. The molecular formula is C98H168NO8+. The Morgan fingerprint density at radius 1 is 0.280 bits per heavy atom. The fraction of sp³-hybridized carbons (Fsp3) is 0.704. The minimum absolute atomic E-state index is 0.184. The molecule has 2 unspecified atom stereocenters. The maximum absolute atomic E-state index is 13.0. The van der Waals surface area contributed by atoms with Gasteiger partial charge in [0.15, 0.2) is 6.10 Å². The van der Waals surface area contributed by atoms with Crippen molar-refractivity contribution < 1.29 is 42.9 Å². The third kappa shape index (κ3) is 88.0. The molecule has 0 rings (SSSR count). The van der Waals surface area contributed by atoms with Crippen LogP contribution < -0.4 is 0 Å². The number of carbonyl (C=O) groups excluding carboxylic acids is 2. The molecule has 0 aromatic heterocycles. The molecule has 107 heavy (non-hydrogen) atoms. The van der Waals surface area contributed by atoms with Crippen LogP contribution in [-0.2, 0) is 33.3 Å². The number of hydrogen-bond donors (Lipinski definition) is 1. The van der Waals surface area contributed by atoms with Crippen molar-refractivity contribution in [1.82, 2.24) is 0 Å². The van der Waals surface area contributed by atoms with Crippen molar-refractivity contribution >= 4 is 17.9 Å². The van der Waals surface area contributed by atoms with Gasteiger partial charge in [-0.2, -0.15) is 0 Å². The molecule has 0 radical (unpaired) electrons. The van der Waals surface area contributed by atoms with E-state index in [9.17, 15) is 19.5 Å². The minimum atomic E-state index is -1.52. The number of esters is 2. The van der Waals surface area contributed by atoms with Gasteiger partial charge in [0.05, 0.1) is 34.4 Å². The summed E-state index contributed by atoms with van der Waals surface area (Å²) < 4.78 is 23.1. The van der Waals surface area contributed by atoms with Gasteiger partial charge < -0.3 is 28.5 Å². The monoisotopic (exact) mass is 1490 g/mol. The highest BCUT2D eigenvalue weighted by molar-refractivity contribution is 5.71. The zero-order chi connectivity index (χ0) is 77.4. The molecule has 0 aromatic rings. The minimum Gasteiger partial charge on any atom is -0.477 e. The van der Waals surface area contributed by atoms with E-state index >= 15 is 0 Å². The predicted molar refractivity (Wildman–Crippen MR) is 465 cm³/mol. The molecule has 0 spiro atoms. The number of quaternary nitrogens is 1. The first-order valence-electron chi connectivity index (χ1n) is 44.6. The first kappa shape index (κ1) is 102. The summed E-state index contributed by atoms with van der Waals surface area (Å²) >= 11 is 0. The van der Waals surface area contributed by atoms with Crippen molar-refractivity contribution in [3.05, 3.63) is 158 Å². The Balaban J connectivity index is 3.97. The van der Waals surface area contributed by atoms with E-state index in [0.29, 0.717) is 23.9 Å². The summed E-state index contributed by atoms with van der Waals surface area (Å²) in [6, 6.07) is 0. The quantitative estimate of drug-likeness (QED) is 0.0211. The molecule has 0 heterocycles. The average Bonchev–Trinajstić information content (AvgIpc) is 0.965. The van der Waals surface area contributed by atoms with Gasteiger partial charge in [0.1, 0.15) is 13.2 Å². The van der Waals surface area contributed by atoms with E-state index in [4.69, 9.17) is 18.9 Å². The second-order valence-corrected chi connectivity index (χ2v) is 30.8. The number of allylic oxidation sites excluding steroid dienone is 26. The highest BCUT2D eigenvalue weighted by Crippen LogP contribution is 2.19. The molecule has 9 nitrogen and oxygen atoms in total. The first-order chi connectivity index (χ1) is 52.6. The summed E-state index contributed by atoms with van der Waals surface area (Å²) in [6.07, 6.45) is 126. The summed E-state index contributed by atoms with van der Waals surface area (Å²) in [5.74, 6) is -1.99. The molecule has 0 amide bonds. The van der Waals surface area contributed by atoms with E-state index in [0.717, 1.165) is 122 Å². The van der Waals surface area contributed by atoms with Crippen LogP contribution in [0.3, 0.4) is 0 Å². The summed E-state index contributed by atoms with van der Waals surface area (Å²) in [6.45, 7) is 4.68. The van der Waals surface area contributed by atoms with Crippen molar-refractivity contribution in [1.29, 1.82) is 0 Å². The lowest BCUT2D eigenvalue weighted by molar-refractivity contribution is -0.870. The molecule has 0 fully saturated rings.